The highest BCUT2D eigenvalue weighted by atomic mass is 16.2. The summed E-state index contributed by atoms with van der Waals surface area (Å²) in [7, 11) is 0. The van der Waals surface area contributed by atoms with Gasteiger partial charge in [-0.3, -0.25) is 4.79 Å². The van der Waals surface area contributed by atoms with Crippen LogP contribution in [0.2, 0.25) is 0 Å². The van der Waals surface area contributed by atoms with Crippen molar-refractivity contribution in [2.45, 2.75) is 52.1 Å². The number of hydrogen-bond donors (Lipinski definition) is 2. The van der Waals surface area contributed by atoms with Crippen molar-refractivity contribution < 1.29 is 4.79 Å². The molecule has 0 saturated carbocycles. The topological polar surface area (TPSA) is 41.1 Å². The minimum absolute atomic E-state index is 0.0489. The Balaban J connectivity index is 2.42. The summed E-state index contributed by atoms with van der Waals surface area (Å²) < 4.78 is 0. The first-order chi connectivity index (χ1) is 8.79. The Morgan fingerprint density at radius 3 is 2.26 bits per heavy atom. The van der Waals surface area contributed by atoms with Crippen molar-refractivity contribution in [3.05, 3.63) is 35.9 Å². The Hall–Kier alpha value is -1.35. The molecule has 106 valence electrons. The second-order valence-electron chi connectivity index (χ2n) is 6.18. The van der Waals surface area contributed by atoms with Crippen LogP contribution in [0, 0.1) is 0 Å². The van der Waals surface area contributed by atoms with Crippen LogP contribution in [0.3, 0.4) is 0 Å². The summed E-state index contributed by atoms with van der Waals surface area (Å²) in [6, 6.07) is 10.2. The Morgan fingerprint density at radius 2 is 1.74 bits per heavy atom. The van der Waals surface area contributed by atoms with Crippen molar-refractivity contribution in [1.82, 2.24) is 10.6 Å². The molecular formula is C16H26N2O. The molecule has 0 bridgehead atoms. The molecule has 1 rings (SSSR count). The predicted molar refractivity (Wildman–Crippen MR) is 80.2 cm³/mol. The molecule has 0 spiro atoms. The first-order valence-electron chi connectivity index (χ1n) is 6.90. The molecule has 2 atom stereocenters. The van der Waals surface area contributed by atoms with E-state index in [4.69, 9.17) is 0 Å². The van der Waals surface area contributed by atoms with Crippen LogP contribution >= 0.6 is 0 Å². The number of rotatable bonds is 5. The van der Waals surface area contributed by atoms with E-state index in [-0.39, 0.29) is 17.5 Å². The Morgan fingerprint density at radius 1 is 1.16 bits per heavy atom. The summed E-state index contributed by atoms with van der Waals surface area (Å²) >= 11 is 0. The molecule has 0 saturated heterocycles. The van der Waals surface area contributed by atoms with Gasteiger partial charge in [0.05, 0.1) is 6.04 Å². The van der Waals surface area contributed by atoms with Crippen molar-refractivity contribution in [2.75, 3.05) is 6.54 Å². The molecule has 2 N–H and O–H groups in total. The molecule has 0 aromatic heterocycles. The monoisotopic (exact) mass is 262 g/mol. The van der Waals surface area contributed by atoms with Crippen LogP contribution in [0.25, 0.3) is 0 Å². The zero-order valence-electron chi connectivity index (χ0n) is 12.7. The van der Waals surface area contributed by atoms with E-state index in [1.54, 1.807) is 0 Å². The van der Waals surface area contributed by atoms with Crippen molar-refractivity contribution >= 4 is 5.91 Å². The molecule has 1 aromatic carbocycles. The van der Waals surface area contributed by atoms with Crippen molar-refractivity contribution in [3.8, 4) is 0 Å². The number of nitrogens with one attached hydrogen (secondary N) is 2. The molecule has 3 heteroatoms. The van der Waals surface area contributed by atoms with E-state index in [0.717, 1.165) is 6.54 Å². The standard InChI is InChI=1S/C16H26N2O/c1-12(14-9-7-6-8-10-14)11-17-13(2)15(19)18-16(3,4)5/h6-10,12-13,17H,11H2,1-5H3,(H,18,19). The van der Waals surface area contributed by atoms with E-state index in [9.17, 15) is 4.79 Å². The maximum absolute atomic E-state index is 11.9. The fraction of sp³-hybridized carbons (Fsp3) is 0.562. The lowest BCUT2D eigenvalue weighted by molar-refractivity contribution is -0.124. The molecule has 0 aliphatic heterocycles. The average Bonchev–Trinajstić information content (AvgIpc) is 2.34. The number of hydrogen-bond acceptors (Lipinski definition) is 2. The van der Waals surface area contributed by atoms with Gasteiger partial charge in [0.1, 0.15) is 0 Å². The van der Waals surface area contributed by atoms with Crippen LogP contribution < -0.4 is 10.6 Å². The van der Waals surface area contributed by atoms with Gasteiger partial charge < -0.3 is 10.6 Å². The maximum atomic E-state index is 11.9. The number of carbonyl (C=O) groups is 1. The lowest BCUT2D eigenvalue weighted by Gasteiger charge is -2.24. The minimum atomic E-state index is -0.182. The average molecular weight is 262 g/mol. The second kappa shape index (κ2) is 6.71. The van der Waals surface area contributed by atoms with Gasteiger partial charge in [-0.1, -0.05) is 37.3 Å². The third-order valence-electron chi connectivity index (χ3n) is 2.99. The summed E-state index contributed by atoms with van der Waals surface area (Å²) in [5.41, 5.74) is 1.11. The molecule has 1 amide bonds. The van der Waals surface area contributed by atoms with Gasteiger partial charge in [0, 0.05) is 12.1 Å². The first-order valence-corrected chi connectivity index (χ1v) is 6.90. The Bertz CT molecular complexity index is 395. The van der Waals surface area contributed by atoms with Gasteiger partial charge in [-0.05, 0) is 39.2 Å². The van der Waals surface area contributed by atoms with Gasteiger partial charge in [-0.25, -0.2) is 0 Å². The largest absolute Gasteiger partial charge is 0.350 e. The van der Waals surface area contributed by atoms with Crippen LogP contribution in [0.4, 0.5) is 0 Å². The smallest absolute Gasteiger partial charge is 0.237 e. The highest BCUT2D eigenvalue weighted by Gasteiger charge is 2.19. The van der Waals surface area contributed by atoms with Crippen LogP contribution in [0.5, 0.6) is 0 Å². The van der Waals surface area contributed by atoms with Gasteiger partial charge in [0.2, 0.25) is 5.91 Å². The van der Waals surface area contributed by atoms with E-state index >= 15 is 0 Å². The Labute approximate surface area is 116 Å². The number of carbonyl (C=O) groups excluding carboxylic acids is 1. The molecule has 2 unspecified atom stereocenters. The van der Waals surface area contributed by atoms with E-state index < -0.39 is 0 Å². The molecule has 0 fully saturated rings. The third-order valence-corrected chi connectivity index (χ3v) is 2.99. The third kappa shape index (κ3) is 5.88. The van der Waals surface area contributed by atoms with Gasteiger partial charge in [-0.2, -0.15) is 0 Å². The molecular weight excluding hydrogens is 236 g/mol. The molecule has 1 aromatic rings. The summed E-state index contributed by atoms with van der Waals surface area (Å²) in [5, 5.41) is 6.27. The van der Waals surface area contributed by atoms with Crippen molar-refractivity contribution in [2.24, 2.45) is 0 Å². The summed E-state index contributed by atoms with van der Waals surface area (Å²) in [6.07, 6.45) is 0. The highest BCUT2D eigenvalue weighted by molar-refractivity contribution is 5.81. The zero-order valence-corrected chi connectivity index (χ0v) is 12.7. The number of benzene rings is 1. The molecule has 0 aliphatic carbocycles. The predicted octanol–water partition coefficient (Wildman–Crippen LogP) is 2.68. The van der Waals surface area contributed by atoms with E-state index in [1.165, 1.54) is 5.56 Å². The quantitative estimate of drug-likeness (QED) is 0.856. The summed E-state index contributed by atoms with van der Waals surface area (Å²) in [5.74, 6) is 0.443. The van der Waals surface area contributed by atoms with Crippen LogP contribution in [-0.4, -0.2) is 24.0 Å². The Kier molecular flexibility index (Phi) is 5.55. The number of amides is 1. The lowest BCUT2D eigenvalue weighted by Crippen LogP contribution is -2.50. The van der Waals surface area contributed by atoms with E-state index in [2.05, 4.69) is 29.7 Å². The lowest BCUT2D eigenvalue weighted by atomic mass is 10.0. The van der Waals surface area contributed by atoms with Gasteiger partial charge in [-0.15, -0.1) is 0 Å². The van der Waals surface area contributed by atoms with Gasteiger partial charge in [0.25, 0.3) is 0 Å². The van der Waals surface area contributed by atoms with Crippen LogP contribution in [0.15, 0.2) is 30.3 Å². The van der Waals surface area contributed by atoms with Crippen LogP contribution in [-0.2, 0) is 4.79 Å². The minimum Gasteiger partial charge on any atom is -0.350 e. The normalized spacial score (nSPS) is 14.8. The molecule has 0 radical (unpaired) electrons. The SMILES string of the molecule is CC(NCC(C)c1ccccc1)C(=O)NC(C)(C)C. The van der Waals surface area contributed by atoms with E-state index in [1.807, 2.05) is 45.9 Å². The second-order valence-corrected chi connectivity index (χ2v) is 6.18. The fourth-order valence-corrected chi connectivity index (χ4v) is 1.82. The van der Waals surface area contributed by atoms with Crippen molar-refractivity contribution in [1.29, 1.82) is 0 Å². The molecule has 0 aliphatic rings. The zero-order chi connectivity index (χ0) is 14.5. The maximum Gasteiger partial charge on any atom is 0.237 e. The summed E-state index contributed by atoms with van der Waals surface area (Å²) in [6.45, 7) is 10.8. The molecule has 19 heavy (non-hydrogen) atoms. The first kappa shape index (κ1) is 15.7. The van der Waals surface area contributed by atoms with E-state index in [0.29, 0.717) is 5.92 Å². The summed E-state index contributed by atoms with van der Waals surface area (Å²) in [4.78, 5) is 11.9. The van der Waals surface area contributed by atoms with Crippen LogP contribution in [0.1, 0.15) is 46.1 Å². The van der Waals surface area contributed by atoms with Gasteiger partial charge in [0.15, 0.2) is 0 Å². The van der Waals surface area contributed by atoms with Gasteiger partial charge >= 0.3 is 0 Å². The molecule has 3 nitrogen and oxygen atoms in total. The molecule has 0 heterocycles. The highest BCUT2D eigenvalue weighted by Crippen LogP contribution is 2.13. The van der Waals surface area contributed by atoms with Crippen molar-refractivity contribution in [3.63, 3.8) is 0 Å². The fourth-order valence-electron chi connectivity index (χ4n) is 1.82.